The van der Waals surface area contributed by atoms with Gasteiger partial charge in [0.1, 0.15) is 11.5 Å². The van der Waals surface area contributed by atoms with Gasteiger partial charge in [-0.25, -0.2) is 9.37 Å². The summed E-state index contributed by atoms with van der Waals surface area (Å²) in [6.45, 7) is 4.55. The molecule has 0 saturated carbocycles. The summed E-state index contributed by atoms with van der Waals surface area (Å²) < 4.78 is 20.5. The maximum atomic E-state index is 15.3. The number of nitrogens with zero attached hydrogens (tertiary/aromatic N) is 5. The standard InChI is InChI=1S/C29H27FN6O2/c1-38-14-13-35-9-11-36(12-10-35)29(37)20-6-4-19(5-7-20)26-23(30)17-33-28-27(26)22-15-24(32-18-25(22)34-28)21-3-2-8-31-16-21/h2-8,15-18H,9-14H2,1H3,(H,33,34). The highest BCUT2D eigenvalue weighted by Gasteiger charge is 2.23. The van der Waals surface area contributed by atoms with Crippen LogP contribution in [-0.4, -0.2) is 82.1 Å². The van der Waals surface area contributed by atoms with Crippen molar-refractivity contribution in [3.05, 3.63) is 78.6 Å². The van der Waals surface area contributed by atoms with Crippen molar-refractivity contribution in [3.8, 4) is 22.4 Å². The molecular weight excluding hydrogens is 483 g/mol. The van der Waals surface area contributed by atoms with Crippen molar-refractivity contribution in [2.75, 3.05) is 46.4 Å². The Morgan fingerprint density at radius 1 is 1.03 bits per heavy atom. The molecule has 5 heterocycles. The number of methoxy groups -OCH3 is 1. The molecule has 0 radical (unpaired) electrons. The Bertz CT molecular complexity index is 1600. The molecule has 1 amide bonds. The molecule has 1 aromatic carbocycles. The molecule has 9 heteroatoms. The fourth-order valence-corrected chi connectivity index (χ4v) is 5.05. The first-order valence-corrected chi connectivity index (χ1v) is 12.6. The second-order valence-corrected chi connectivity index (χ2v) is 9.39. The van der Waals surface area contributed by atoms with Crippen molar-refractivity contribution in [3.63, 3.8) is 0 Å². The summed E-state index contributed by atoms with van der Waals surface area (Å²) in [5, 5.41) is 1.50. The summed E-state index contributed by atoms with van der Waals surface area (Å²) >= 11 is 0. The van der Waals surface area contributed by atoms with Crippen molar-refractivity contribution in [1.82, 2.24) is 29.7 Å². The minimum Gasteiger partial charge on any atom is -0.383 e. The minimum atomic E-state index is -0.426. The van der Waals surface area contributed by atoms with Crippen LogP contribution in [0.25, 0.3) is 44.3 Å². The number of hydrogen-bond donors (Lipinski definition) is 1. The highest BCUT2D eigenvalue weighted by molar-refractivity contribution is 6.13. The lowest BCUT2D eigenvalue weighted by atomic mass is 9.99. The molecule has 1 aliphatic heterocycles. The summed E-state index contributed by atoms with van der Waals surface area (Å²) in [4.78, 5) is 33.6. The number of nitrogens with one attached hydrogen (secondary N) is 1. The average Bonchev–Trinajstić information content (AvgIpc) is 3.34. The Hall–Kier alpha value is -4.21. The maximum Gasteiger partial charge on any atom is 0.253 e. The molecule has 8 nitrogen and oxygen atoms in total. The van der Waals surface area contributed by atoms with Gasteiger partial charge in [0, 0.05) is 79.7 Å². The third kappa shape index (κ3) is 4.51. The third-order valence-corrected chi connectivity index (χ3v) is 7.11. The first-order chi connectivity index (χ1) is 18.6. The third-order valence-electron chi connectivity index (χ3n) is 7.11. The molecule has 1 saturated heterocycles. The van der Waals surface area contributed by atoms with E-state index in [2.05, 4.69) is 24.8 Å². The zero-order valence-electron chi connectivity index (χ0n) is 21.0. The number of benzene rings is 1. The molecule has 38 heavy (non-hydrogen) atoms. The number of amides is 1. The number of aromatic nitrogens is 4. The molecule has 192 valence electrons. The second kappa shape index (κ2) is 10.3. The lowest BCUT2D eigenvalue weighted by molar-refractivity contribution is 0.0594. The van der Waals surface area contributed by atoms with E-state index < -0.39 is 5.82 Å². The molecule has 0 atom stereocenters. The SMILES string of the molecule is COCCN1CCN(C(=O)c2ccc(-c3c(F)cnc4[nH]c5cnc(-c6cccnc6)cc5c34)cc2)CC1. The average molecular weight is 511 g/mol. The van der Waals surface area contributed by atoms with Gasteiger partial charge in [-0.1, -0.05) is 12.1 Å². The Morgan fingerprint density at radius 3 is 2.58 bits per heavy atom. The van der Waals surface area contributed by atoms with Crippen LogP contribution >= 0.6 is 0 Å². The monoisotopic (exact) mass is 510 g/mol. The van der Waals surface area contributed by atoms with Crippen molar-refractivity contribution in [2.45, 2.75) is 0 Å². The van der Waals surface area contributed by atoms with Crippen LogP contribution in [0.2, 0.25) is 0 Å². The van der Waals surface area contributed by atoms with Crippen LogP contribution in [0.1, 0.15) is 10.4 Å². The van der Waals surface area contributed by atoms with Crippen LogP contribution in [0, 0.1) is 5.82 Å². The van der Waals surface area contributed by atoms with Crippen molar-refractivity contribution < 1.29 is 13.9 Å². The molecule has 1 N–H and O–H groups in total. The second-order valence-electron chi connectivity index (χ2n) is 9.39. The lowest BCUT2D eigenvalue weighted by Gasteiger charge is -2.34. The summed E-state index contributed by atoms with van der Waals surface area (Å²) in [7, 11) is 1.70. The van der Waals surface area contributed by atoms with E-state index in [1.165, 1.54) is 6.20 Å². The van der Waals surface area contributed by atoms with E-state index in [-0.39, 0.29) is 5.91 Å². The highest BCUT2D eigenvalue weighted by atomic mass is 19.1. The van der Waals surface area contributed by atoms with Gasteiger partial charge in [-0.2, -0.15) is 0 Å². The van der Waals surface area contributed by atoms with Gasteiger partial charge in [-0.05, 0) is 35.9 Å². The predicted molar refractivity (Wildman–Crippen MR) is 144 cm³/mol. The molecule has 0 unspecified atom stereocenters. The predicted octanol–water partition coefficient (Wildman–Crippen LogP) is 4.38. The largest absolute Gasteiger partial charge is 0.383 e. The highest BCUT2D eigenvalue weighted by Crippen LogP contribution is 2.36. The number of aromatic amines is 1. The van der Waals surface area contributed by atoms with E-state index in [9.17, 15) is 4.79 Å². The van der Waals surface area contributed by atoms with E-state index in [0.717, 1.165) is 41.8 Å². The number of carbonyl (C=O) groups is 1. The summed E-state index contributed by atoms with van der Waals surface area (Å²) in [6, 6.07) is 12.9. The number of carbonyl (C=O) groups excluding carboxylic acids is 1. The minimum absolute atomic E-state index is 0.0115. The molecule has 0 aliphatic carbocycles. The van der Waals surface area contributed by atoms with Gasteiger partial charge in [0.15, 0.2) is 0 Å². The smallest absolute Gasteiger partial charge is 0.253 e. The van der Waals surface area contributed by atoms with Crippen molar-refractivity contribution in [2.24, 2.45) is 0 Å². The van der Waals surface area contributed by atoms with Crippen LogP contribution in [0.15, 0.2) is 67.3 Å². The van der Waals surface area contributed by atoms with Gasteiger partial charge in [0.05, 0.1) is 30.2 Å². The summed E-state index contributed by atoms with van der Waals surface area (Å²) in [5.41, 5.74) is 4.66. The van der Waals surface area contributed by atoms with Crippen molar-refractivity contribution >= 4 is 27.8 Å². The fourth-order valence-electron chi connectivity index (χ4n) is 5.05. The van der Waals surface area contributed by atoms with E-state index in [4.69, 9.17) is 4.74 Å². The topological polar surface area (TPSA) is 87.2 Å². The van der Waals surface area contributed by atoms with Crippen molar-refractivity contribution in [1.29, 1.82) is 0 Å². The number of piperazine rings is 1. The molecule has 1 fully saturated rings. The lowest BCUT2D eigenvalue weighted by Crippen LogP contribution is -2.49. The quantitative estimate of drug-likeness (QED) is 0.365. The first-order valence-electron chi connectivity index (χ1n) is 12.6. The molecule has 5 aromatic rings. The van der Waals surface area contributed by atoms with Crippen LogP contribution in [-0.2, 0) is 4.74 Å². The number of H-pyrrole nitrogens is 1. The molecule has 0 bridgehead atoms. The van der Waals surface area contributed by atoms with Gasteiger partial charge >= 0.3 is 0 Å². The van der Waals surface area contributed by atoms with E-state index >= 15 is 4.39 Å². The number of halogens is 1. The van der Waals surface area contributed by atoms with Gasteiger partial charge in [0.25, 0.3) is 5.91 Å². The summed E-state index contributed by atoms with van der Waals surface area (Å²) in [5.74, 6) is -0.438. The van der Waals surface area contributed by atoms with Gasteiger partial charge < -0.3 is 14.6 Å². The fraction of sp³-hybridized carbons (Fsp3) is 0.241. The number of hydrogen-bond acceptors (Lipinski definition) is 6. The number of rotatable bonds is 6. The van der Waals surface area contributed by atoms with Crippen LogP contribution in [0.5, 0.6) is 0 Å². The maximum absolute atomic E-state index is 15.3. The number of ether oxygens (including phenoxy) is 1. The summed E-state index contributed by atoms with van der Waals surface area (Å²) in [6.07, 6.45) is 6.42. The van der Waals surface area contributed by atoms with Crippen LogP contribution in [0.4, 0.5) is 4.39 Å². The van der Waals surface area contributed by atoms with E-state index in [0.29, 0.717) is 47.4 Å². The Morgan fingerprint density at radius 2 is 1.84 bits per heavy atom. The molecule has 1 aliphatic rings. The number of pyridine rings is 3. The van der Waals surface area contributed by atoms with Gasteiger partial charge in [0.2, 0.25) is 0 Å². The van der Waals surface area contributed by atoms with Gasteiger partial charge in [-0.3, -0.25) is 19.7 Å². The Kier molecular flexibility index (Phi) is 6.53. The normalized spacial score (nSPS) is 14.4. The van der Waals surface area contributed by atoms with E-state index in [1.54, 1.807) is 37.8 Å². The first kappa shape index (κ1) is 24.1. The molecule has 6 rings (SSSR count). The van der Waals surface area contributed by atoms with E-state index in [1.807, 2.05) is 35.2 Å². The molecular formula is C29H27FN6O2. The molecule has 0 spiro atoms. The van der Waals surface area contributed by atoms with Crippen LogP contribution in [0.3, 0.4) is 0 Å². The Balaban J connectivity index is 1.32. The molecule has 4 aromatic heterocycles. The van der Waals surface area contributed by atoms with Crippen LogP contribution < -0.4 is 0 Å². The van der Waals surface area contributed by atoms with Gasteiger partial charge in [-0.15, -0.1) is 0 Å². The Labute approximate surface area is 219 Å². The zero-order chi connectivity index (χ0) is 26.1. The zero-order valence-corrected chi connectivity index (χ0v) is 21.0. The number of fused-ring (bicyclic) bond motifs is 3.